The number of nitrogens with zero attached hydrogens (tertiary/aromatic N) is 1. The molecule has 0 spiro atoms. The summed E-state index contributed by atoms with van der Waals surface area (Å²) in [6.07, 6.45) is -2.77. The summed E-state index contributed by atoms with van der Waals surface area (Å²) >= 11 is 0. The lowest BCUT2D eigenvalue weighted by molar-refractivity contribution is -0.136. The first kappa shape index (κ1) is 11.0. The zero-order valence-electron chi connectivity index (χ0n) is 9.20. The van der Waals surface area contributed by atoms with Crippen molar-refractivity contribution in [1.29, 1.82) is 0 Å². The zero-order chi connectivity index (χ0) is 12.8. The van der Waals surface area contributed by atoms with Gasteiger partial charge in [-0.2, -0.15) is 13.2 Å². The molecule has 0 aliphatic rings. The van der Waals surface area contributed by atoms with E-state index in [0.29, 0.717) is 16.3 Å². The zero-order valence-corrected chi connectivity index (χ0v) is 9.20. The number of halogens is 3. The van der Waals surface area contributed by atoms with E-state index in [2.05, 4.69) is 4.98 Å². The molecule has 3 aromatic rings. The van der Waals surface area contributed by atoms with E-state index in [1.807, 2.05) is 0 Å². The first-order valence-corrected chi connectivity index (χ1v) is 5.41. The van der Waals surface area contributed by atoms with Gasteiger partial charge in [0.05, 0.1) is 11.1 Å². The van der Waals surface area contributed by atoms with E-state index in [-0.39, 0.29) is 5.39 Å². The highest BCUT2D eigenvalue weighted by Gasteiger charge is 2.33. The molecule has 4 heteroatoms. The molecule has 0 saturated heterocycles. The van der Waals surface area contributed by atoms with Crippen molar-refractivity contribution in [3.63, 3.8) is 0 Å². The van der Waals surface area contributed by atoms with E-state index in [1.165, 1.54) is 6.07 Å². The number of hydrogen-bond acceptors (Lipinski definition) is 1. The summed E-state index contributed by atoms with van der Waals surface area (Å²) in [5.41, 5.74) is -0.271. The van der Waals surface area contributed by atoms with E-state index in [9.17, 15) is 13.2 Å². The Morgan fingerprint density at radius 3 is 2.44 bits per heavy atom. The Labute approximate surface area is 101 Å². The molecule has 1 heterocycles. The highest BCUT2D eigenvalue weighted by Crippen LogP contribution is 2.37. The fraction of sp³-hybridized carbons (Fsp3) is 0.0714. The maximum Gasteiger partial charge on any atom is 0.417 e. The highest BCUT2D eigenvalue weighted by molar-refractivity contribution is 6.07. The largest absolute Gasteiger partial charge is 0.417 e. The van der Waals surface area contributed by atoms with Gasteiger partial charge in [0, 0.05) is 17.0 Å². The van der Waals surface area contributed by atoms with Gasteiger partial charge < -0.3 is 0 Å². The lowest BCUT2D eigenvalue weighted by atomic mass is 10.0. The molecule has 0 aliphatic carbocycles. The standard InChI is InChI=1S/C14H8F3N/c15-14(16,17)11-6-3-7-12-13(11)10-5-2-1-4-9(10)8-18-12/h1-8H. The van der Waals surface area contributed by atoms with Gasteiger partial charge in [-0.15, -0.1) is 0 Å². The summed E-state index contributed by atoms with van der Waals surface area (Å²) in [5, 5.41) is 1.46. The summed E-state index contributed by atoms with van der Waals surface area (Å²) in [7, 11) is 0. The smallest absolute Gasteiger partial charge is 0.256 e. The minimum Gasteiger partial charge on any atom is -0.256 e. The van der Waals surface area contributed by atoms with Gasteiger partial charge in [0.15, 0.2) is 0 Å². The van der Waals surface area contributed by atoms with E-state index < -0.39 is 11.7 Å². The number of hydrogen-bond donors (Lipinski definition) is 0. The van der Waals surface area contributed by atoms with E-state index >= 15 is 0 Å². The third-order valence-electron chi connectivity index (χ3n) is 2.92. The van der Waals surface area contributed by atoms with Gasteiger partial charge in [0.2, 0.25) is 0 Å². The normalized spacial score (nSPS) is 12.2. The fourth-order valence-corrected chi connectivity index (χ4v) is 2.14. The molecule has 18 heavy (non-hydrogen) atoms. The monoisotopic (exact) mass is 247 g/mol. The summed E-state index contributed by atoms with van der Waals surface area (Å²) in [4.78, 5) is 4.08. The van der Waals surface area contributed by atoms with Crippen molar-refractivity contribution in [1.82, 2.24) is 4.98 Å². The Bertz CT molecular complexity index is 732. The number of fused-ring (bicyclic) bond motifs is 3. The van der Waals surface area contributed by atoms with Crippen molar-refractivity contribution in [2.45, 2.75) is 6.18 Å². The Balaban J connectivity index is 2.55. The van der Waals surface area contributed by atoms with Gasteiger partial charge in [0.1, 0.15) is 0 Å². The molecule has 2 aromatic carbocycles. The molecule has 90 valence electrons. The average molecular weight is 247 g/mol. The van der Waals surface area contributed by atoms with Crippen molar-refractivity contribution in [3.05, 3.63) is 54.2 Å². The second-order valence-electron chi connectivity index (χ2n) is 4.04. The summed E-state index contributed by atoms with van der Waals surface area (Å²) in [6, 6.07) is 11.0. The van der Waals surface area contributed by atoms with Crippen LogP contribution in [0.4, 0.5) is 13.2 Å². The van der Waals surface area contributed by atoms with Crippen LogP contribution in [0.1, 0.15) is 5.56 Å². The van der Waals surface area contributed by atoms with Crippen molar-refractivity contribution in [2.75, 3.05) is 0 Å². The molecule has 0 N–H and O–H groups in total. The van der Waals surface area contributed by atoms with Crippen LogP contribution in [-0.2, 0) is 6.18 Å². The summed E-state index contributed by atoms with van der Waals surface area (Å²) < 4.78 is 39.1. The van der Waals surface area contributed by atoms with Crippen molar-refractivity contribution < 1.29 is 13.2 Å². The third-order valence-corrected chi connectivity index (χ3v) is 2.92. The SMILES string of the molecule is FC(F)(F)c1cccc2ncc3ccccc3c12. The van der Waals surface area contributed by atoms with Crippen LogP contribution in [0.25, 0.3) is 21.7 Å². The molecule has 3 rings (SSSR count). The van der Waals surface area contributed by atoms with Crippen LogP contribution >= 0.6 is 0 Å². The molecular weight excluding hydrogens is 239 g/mol. The van der Waals surface area contributed by atoms with Gasteiger partial charge in [-0.05, 0) is 17.5 Å². The van der Waals surface area contributed by atoms with Gasteiger partial charge in [-0.1, -0.05) is 30.3 Å². The number of aromatic nitrogens is 1. The first-order chi connectivity index (χ1) is 8.57. The molecule has 0 aliphatic heterocycles. The predicted molar refractivity (Wildman–Crippen MR) is 64.3 cm³/mol. The number of pyridine rings is 1. The lowest BCUT2D eigenvalue weighted by Crippen LogP contribution is -2.06. The van der Waals surface area contributed by atoms with Crippen molar-refractivity contribution in [3.8, 4) is 0 Å². The topological polar surface area (TPSA) is 12.9 Å². The van der Waals surface area contributed by atoms with Crippen LogP contribution in [0.15, 0.2) is 48.7 Å². The van der Waals surface area contributed by atoms with Crippen molar-refractivity contribution >= 4 is 21.7 Å². The molecular formula is C14H8F3N. The van der Waals surface area contributed by atoms with Crippen LogP contribution in [-0.4, -0.2) is 4.98 Å². The molecule has 1 nitrogen and oxygen atoms in total. The Hall–Kier alpha value is -2.10. The Morgan fingerprint density at radius 1 is 0.889 bits per heavy atom. The minimum absolute atomic E-state index is 0.170. The van der Waals surface area contributed by atoms with Gasteiger partial charge in [-0.25, -0.2) is 0 Å². The molecule has 0 saturated carbocycles. The predicted octanol–water partition coefficient (Wildman–Crippen LogP) is 4.41. The van der Waals surface area contributed by atoms with Crippen LogP contribution in [0, 0.1) is 0 Å². The number of rotatable bonds is 0. The molecule has 0 fully saturated rings. The molecule has 1 aromatic heterocycles. The summed E-state index contributed by atoms with van der Waals surface area (Å²) in [5.74, 6) is 0. The molecule has 0 amide bonds. The van der Waals surface area contributed by atoms with Crippen molar-refractivity contribution in [2.24, 2.45) is 0 Å². The van der Waals surface area contributed by atoms with Crippen LogP contribution in [0.5, 0.6) is 0 Å². The van der Waals surface area contributed by atoms with E-state index in [0.717, 1.165) is 6.07 Å². The maximum atomic E-state index is 13.0. The van der Waals surface area contributed by atoms with E-state index in [1.54, 1.807) is 36.5 Å². The highest BCUT2D eigenvalue weighted by atomic mass is 19.4. The molecule has 0 bridgehead atoms. The maximum absolute atomic E-state index is 13.0. The average Bonchev–Trinajstić information content (AvgIpc) is 2.36. The van der Waals surface area contributed by atoms with Gasteiger partial charge >= 0.3 is 6.18 Å². The second-order valence-corrected chi connectivity index (χ2v) is 4.04. The second kappa shape index (κ2) is 3.70. The third kappa shape index (κ3) is 1.61. The number of alkyl halides is 3. The van der Waals surface area contributed by atoms with Crippen LogP contribution < -0.4 is 0 Å². The molecule has 0 atom stereocenters. The number of benzene rings is 2. The lowest BCUT2D eigenvalue weighted by Gasteiger charge is -2.11. The molecule has 0 unspecified atom stereocenters. The Morgan fingerprint density at radius 2 is 1.67 bits per heavy atom. The Kier molecular flexibility index (Phi) is 2.26. The molecule has 0 radical (unpaired) electrons. The first-order valence-electron chi connectivity index (χ1n) is 5.41. The van der Waals surface area contributed by atoms with E-state index in [4.69, 9.17) is 0 Å². The fourth-order valence-electron chi connectivity index (χ4n) is 2.14. The van der Waals surface area contributed by atoms with Gasteiger partial charge in [0.25, 0.3) is 0 Å². The summed E-state index contributed by atoms with van der Waals surface area (Å²) in [6.45, 7) is 0. The minimum atomic E-state index is -4.37. The van der Waals surface area contributed by atoms with Crippen LogP contribution in [0.3, 0.4) is 0 Å². The van der Waals surface area contributed by atoms with Crippen LogP contribution in [0.2, 0.25) is 0 Å². The quantitative estimate of drug-likeness (QED) is 0.536. The van der Waals surface area contributed by atoms with Gasteiger partial charge in [-0.3, -0.25) is 4.98 Å².